The maximum absolute atomic E-state index is 11.8. The number of rotatable bonds is 7. The first-order valence-corrected chi connectivity index (χ1v) is 10.1. The van der Waals surface area contributed by atoms with Gasteiger partial charge in [0.2, 0.25) is 11.0 Å². The van der Waals surface area contributed by atoms with Crippen LogP contribution in [0.1, 0.15) is 22.8 Å². The molecule has 30 heavy (non-hydrogen) atoms. The number of nitrogens with two attached hydrogens (primary N) is 1. The van der Waals surface area contributed by atoms with Gasteiger partial charge in [0.15, 0.2) is 0 Å². The van der Waals surface area contributed by atoms with Gasteiger partial charge in [-0.25, -0.2) is 9.36 Å². The Kier molecular flexibility index (Phi) is 5.27. The molecular weight excluding hydrogens is 406 g/mol. The second-order valence-corrected chi connectivity index (χ2v) is 7.39. The fourth-order valence-corrected chi connectivity index (χ4v) is 3.94. The summed E-state index contributed by atoms with van der Waals surface area (Å²) < 4.78 is 9.48. The molecule has 2 heterocycles. The molecule has 0 saturated heterocycles. The van der Waals surface area contributed by atoms with Gasteiger partial charge in [-0.1, -0.05) is 36.0 Å². The molecule has 0 aliphatic rings. The Morgan fingerprint density at radius 2 is 2.07 bits per heavy atom. The third kappa shape index (κ3) is 3.54. The third-order valence-electron chi connectivity index (χ3n) is 4.56. The number of aryl methyl sites for hydroxylation is 2. The van der Waals surface area contributed by atoms with Crippen molar-refractivity contribution in [1.82, 2.24) is 30.0 Å². The zero-order valence-electron chi connectivity index (χ0n) is 16.3. The Hall–Kier alpha value is -3.60. The van der Waals surface area contributed by atoms with E-state index in [1.807, 2.05) is 13.0 Å². The zero-order valence-corrected chi connectivity index (χ0v) is 17.1. The summed E-state index contributed by atoms with van der Waals surface area (Å²) in [6.07, 6.45) is 1.71. The number of carbonyl (C=O) groups excluding carboxylic acids is 1. The van der Waals surface area contributed by atoms with Gasteiger partial charge in [0.25, 0.3) is 5.91 Å². The monoisotopic (exact) mass is 425 g/mol. The van der Waals surface area contributed by atoms with Crippen LogP contribution < -0.4 is 10.5 Å². The van der Waals surface area contributed by atoms with Crippen molar-refractivity contribution in [3.8, 4) is 17.4 Å². The van der Waals surface area contributed by atoms with E-state index in [9.17, 15) is 9.90 Å². The number of ether oxygens (including phenoxy) is 1. The number of tetrazole rings is 1. The molecule has 3 N–H and O–H groups in total. The van der Waals surface area contributed by atoms with Crippen molar-refractivity contribution >= 4 is 28.4 Å². The lowest BCUT2D eigenvalue weighted by Gasteiger charge is -2.14. The van der Waals surface area contributed by atoms with Crippen molar-refractivity contribution in [2.24, 2.45) is 12.8 Å². The number of phenols is 1. The lowest BCUT2D eigenvalue weighted by Crippen LogP contribution is -2.11. The summed E-state index contributed by atoms with van der Waals surface area (Å²) in [7, 11) is 1.76. The molecule has 10 nitrogen and oxygen atoms in total. The van der Waals surface area contributed by atoms with Crippen LogP contribution >= 0.6 is 11.8 Å². The molecule has 2 aromatic carbocycles. The predicted octanol–water partition coefficient (Wildman–Crippen LogP) is 2.47. The van der Waals surface area contributed by atoms with Crippen molar-refractivity contribution in [3.05, 3.63) is 47.7 Å². The Morgan fingerprint density at radius 3 is 2.80 bits per heavy atom. The predicted molar refractivity (Wildman–Crippen MR) is 110 cm³/mol. The van der Waals surface area contributed by atoms with E-state index in [-0.39, 0.29) is 11.3 Å². The average molecular weight is 425 g/mol. The zero-order chi connectivity index (χ0) is 21.3. The van der Waals surface area contributed by atoms with Crippen LogP contribution in [-0.2, 0) is 19.3 Å². The number of thioether (sulfide) groups is 1. The number of carbonyl (C=O) groups is 1. The highest BCUT2D eigenvalue weighted by atomic mass is 32.2. The fraction of sp³-hybridized carbons (Fsp3) is 0.211. The number of fused-ring (bicyclic) bond motifs is 1. The van der Waals surface area contributed by atoms with E-state index >= 15 is 0 Å². The molecule has 4 rings (SSSR count). The summed E-state index contributed by atoms with van der Waals surface area (Å²) in [5, 5.41) is 28.2. The smallest absolute Gasteiger partial charge is 0.252 e. The van der Waals surface area contributed by atoms with E-state index in [0.717, 1.165) is 5.56 Å². The molecule has 0 spiro atoms. The molecule has 0 fully saturated rings. The van der Waals surface area contributed by atoms with E-state index in [1.54, 1.807) is 40.8 Å². The third-order valence-corrected chi connectivity index (χ3v) is 5.57. The molecule has 11 heteroatoms. The van der Waals surface area contributed by atoms with Crippen molar-refractivity contribution in [1.29, 1.82) is 0 Å². The minimum Gasteiger partial charge on any atom is -0.506 e. The molecule has 0 bridgehead atoms. The molecule has 0 saturated carbocycles. The van der Waals surface area contributed by atoms with Crippen molar-refractivity contribution < 1.29 is 14.6 Å². The maximum atomic E-state index is 11.8. The van der Waals surface area contributed by atoms with E-state index < -0.39 is 5.91 Å². The molecule has 0 aliphatic heterocycles. The first-order chi connectivity index (χ1) is 14.5. The number of aromatic nitrogens is 6. The van der Waals surface area contributed by atoms with Crippen LogP contribution in [0.5, 0.6) is 17.4 Å². The van der Waals surface area contributed by atoms with Crippen LogP contribution in [0.4, 0.5) is 0 Å². The van der Waals surface area contributed by atoms with Crippen LogP contribution in [0.2, 0.25) is 0 Å². The Bertz CT molecular complexity index is 1230. The highest BCUT2D eigenvalue weighted by molar-refractivity contribution is 7.98. The highest BCUT2D eigenvalue weighted by Crippen LogP contribution is 2.39. The van der Waals surface area contributed by atoms with Crippen LogP contribution in [0.15, 0.2) is 41.7 Å². The molecule has 0 atom stereocenters. The van der Waals surface area contributed by atoms with E-state index in [2.05, 4.69) is 20.6 Å². The molecule has 4 aromatic rings. The van der Waals surface area contributed by atoms with Gasteiger partial charge in [0.1, 0.15) is 11.5 Å². The standard InChI is InChI=1S/C19H19N7O3S/c1-3-26-19(22-23-24-26)30-10-11-9-21-25(2)18(11)29-15-8-14(17(20)28)16(27)13-7-5-4-6-12(13)15/h4-9,27H,3,10H2,1-2H3,(H2,20,28). The largest absolute Gasteiger partial charge is 0.506 e. The molecule has 0 aliphatic carbocycles. The van der Waals surface area contributed by atoms with Crippen LogP contribution in [0.25, 0.3) is 10.8 Å². The highest BCUT2D eigenvalue weighted by Gasteiger charge is 2.19. The molecule has 0 radical (unpaired) electrons. The summed E-state index contributed by atoms with van der Waals surface area (Å²) in [5.41, 5.74) is 6.26. The average Bonchev–Trinajstić information content (AvgIpc) is 3.34. The molecular formula is C19H19N7O3S. The van der Waals surface area contributed by atoms with Crippen molar-refractivity contribution in [3.63, 3.8) is 0 Å². The van der Waals surface area contributed by atoms with Gasteiger partial charge in [0.05, 0.1) is 11.8 Å². The molecule has 0 unspecified atom stereocenters. The number of nitrogens with zero attached hydrogens (tertiary/aromatic N) is 6. The molecule has 1 amide bonds. The topological polar surface area (TPSA) is 134 Å². The number of amides is 1. The quantitative estimate of drug-likeness (QED) is 0.431. The maximum Gasteiger partial charge on any atom is 0.252 e. The normalized spacial score (nSPS) is 11.1. The van der Waals surface area contributed by atoms with E-state index in [0.29, 0.717) is 39.9 Å². The first-order valence-electron chi connectivity index (χ1n) is 9.11. The number of benzene rings is 2. The molecule has 2 aromatic heterocycles. The number of hydrogen-bond donors (Lipinski definition) is 2. The lowest BCUT2D eigenvalue weighted by atomic mass is 10.0. The van der Waals surface area contributed by atoms with Gasteiger partial charge in [0, 0.05) is 35.7 Å². The Labute approximate surface area is 175 Å². The second-order valence-electron chi connectivity index (χ2n) is 6.45. The van der Waals surface area contributed by atoms with Gasteiger partial charge in [-0.15, -0.1) is 5.10 Å². The summed E-state index contributed by atoms with van der Waals surface area (Å²) >= 11 is 1.46. The van der Waals surface area contributed by atoms with Crippen molar-refractivity contribution in [2.75, 3.05) is 0 Å². The van der Waals surface area contributed by atoms with Gasteiger partial charge in [-0.2, -0.15) is 5.10 Å². The second kappa shape index (κ2) is 8.03. The van der Waals surface area contributed by atoms with Gasteiger partial charge >= 0.3 is 0 Å². The summed E-state index contributed by atoms with van der Waals surface area (Å²) in [5.74, 6) is 0.519. The number of hydrogen-bond acceptors (Lipinski definition) is 8. The lowest BCUT2D eigenvalue weighted by molar-refractivity contribution is 0.0997. The number of primary amides is 1. The van der Waals surface area contributed by atoms with E-state index in [1.165, 1.54) is 17.8 Å². The summed E-state index contributed by atoms with van der Waals surface area (Å²) in [4.78, 5) is 11.8. The summed E-state index contributed by atoms with van der Waals surface area (Å²) in [6.45, 7) is 2.63. The summed E-state index contributed by atoms with van der Waals surface area (Å²) in [6, 6.07) is 8.54. The number of aromatic hydroxyl groups is 1. The Balaban J connectivity index is 1.70. The van der Waals surface area contributed by atoms with Crippen LogP contribution in [0, 0.1) is 0 Å². The SMILES string of the molecule is CCn1nnnc1SCc1cnn(C)c1Oc1cc(C(N)=O)c(O)c2ccccc12. The van der Waals surface area contributed by atoms with Gasteiger partial charge in [-0.05, 0) is 23.4 Å². The minimum absolute atomic E-state index is 0.0103. The van der Waals surface area contributed by atoms with E-state index in [4.69, 9.17) is 10.5 Å². The van der Waals surface area contributed by atoms with Gasteiger partial charge in [-0.3, -0.25) is 4.79 Å². The first kappa shape index (κ1) is 19.7. The van der Waals surface area contributed by atoms with Gasteiger partial charge < -0.3 is 15.6 Å². The van der Waals surface area contributed by atoms with Crippen LogP contribution in [0.3, 0.4) is 0 Å². The van der Waals surface area contributed by atoms with Crippen molar-refractivity contribution in [2.45, 2.75) is 24.4 Å². The molecule has 154 valence electrons. The fourth-order valence-electron chi connectivity index (χ4n) is 3.05. The Morgan fingerprint density at radius 1 is 1.30 bits per heavy atom. The van der Waals surface area contributed by atoms with Crippen LogP contribution in [-0.4, -0.2) is 41.0 Å². The minimum atomic E-state index is -0.740.